The average molecular weight is 390 g/mol. The fourth-order valence-corrected chi connectivity index (χ4v) is 3.70. The van der Waals surface area contributed by atoms with Crippen molar-refractivity contribution in [2.24, 2.45) is 0 Å². The van der Waals surface area contributed by atoms with E-state index in [9.17, 15) is 9.59 Å². The summed E-state index contributed by atoms with van der Waals surface area (Å²) >= 11 is 7.45. The van der Waals surface area contributed by atoms with Crippen molar-refractivity contribution in [1.82, 2.24) is 5.32 Å². The van der Waals surface area contributed by atoms with Gasteiger partial charge in [-0.25, -0.2) is 0 Å². The number of hydrogen-bond acceptors (Lipinski definition) is 4. The van der Waals surface area contributed by atoms with Gasteiger partial charge in [0.1, 0.15) is 0 Å². The molecule has 3 rings (SSSR count). The van der Waals surface area contributed by atoms with Gasteiger partial charge in [0.15, 0.2) is 6.61 Å². The topological polar surface area (TPSA) is 55.4 Å². The molecule has 0 unspecified atom stereocenters. The zero-order valence-electron chi connectivity index (χ0n) is 14.2. The molecule has 2 aromatic carbocycles. The van der Waals surface area contributed by atoms with Gasteiger partial charge in [-0.1, -0.05) is 54.1 Å². The smallest absolute Gasteiger partial charge is 0.316 e. The maximum atomic E-state index is 12.0. The first-order valence-corrected chi connectivity index (χ1v) is 9.91. The molecule has 1 saturated carbocycles. The van der Waals surface area contributed by atoms with Gasteiger partial charge < -0.3 is 10.1 Å². The fourth-order valence-electron chi connectivity index (χ4n) is 2.49. The molecule has 0 aromatic heterocycles. The molecule has 1 fully saturated rings. The Labute approximate surface area is 162 Å². The van der Waals surface area contributed by atoms with Crippen molar-refractivity contribution < 1.29 is 14.3 Å². The van der Waals surface area contributed by atoms with Crippen LogP contribution in [-0.2, 0) is 14.3 Å². The third kappa shape index (κ3) is 5.78. The molecule has 1 aliphatic carbocycles. The summed E-state index contributed by atoms with van der Waals surface area (Å²) < 4.78 is 5.08. The molecule has 136 valence electrons. The number of hydrogen-bond donors (Lipinski definition) is 1. The lowest BCUT2D eigenvalue weighted by Gasteiger charge is -2.17. The molecule has 0 bridgehead atoms. The lowest BCUT2D eigenvalue weighted by molar-refractivity contribution is -0.145. The summed E-state index contributed by atoms with van der Waals surface area (Å²) in [7, 11) is 0. The second-order valence-electron chi connectivity index (χ2n) is 6.16. The third-order valence-corrected chi connectivity index (χ3v) is 5.48. The van der Waals surface area contributed by atoms with E-state index in [0.29, 0.717) is 5.02 Å². The lowest BCUT2D eigenvalue weighted by atomic mass is 10.0. The van der Waals surface area contributed by atoms with Gasteiger partial charge in [0.05, 0.1) is 11.0 Å². The molecule has 1 atom stereocenters. The Morgan fingerprint density at radius 2 is 1.73 bits per heavy atom. The van der Waals surface area contributed by atoms with Gasteiger partial charge in [-0.2, -0.15) is 0 Å². The van der Waals surface area contributed by atoms with Gasteiger partial charge >= 0.3 is 5.97 Å². The first kappa shape index (κ1) is 18.8. The van der Waals surface area contributed by atoms with E-state index in [1.807, 2.05) is 54.6 Å². The summed E-state index contributed by atoms with van der Waals surface area (Å²) in [5.74, 6) is -0.460. The van der Waals surface area contributed by atoms with Gasteiger partial charge in [-0.05, 0) is 36.1 Å². The van der Waals surface area contributed by atoms with Crippen molar-refractivity contribution >= 4 is 35.2 Å². The second-order valence-corrected chi connectivity index (χ2v) is 7.69. The van der Waals surface area contributed by atoms with Gasteiger partial charge in [-0.3, -0.25) is 9.59 Å². The highest BCUT2D eigenvalue weighted by Crippen LogP contribution is 2.36. The van der Waals surface area contributed by atoms with Crippen LogP contribution < -0.4 is 5.32 Å². The minimum absolute atomic E-state index is 0.0127. The van der Waals surface area contributed by atoms with Crippen LogP contribution in [0.1, 0.15) is 29.2 Å². The van der Waals surface area contributed by atoms with Gasteiger partial charge in [0, 0.05) is 11.1 Å². The maximum absolute atomic E-state index is 12.0. The molecule has 0 saturated heterocycles. The van der Waals surface area contributed by atoms with E-state index >= 15 is 0 Å². The van der Waals surface area contributed by atoms with Crippen molar-refractivity contribution in [2.45, 2.75) is 24.1 Å². The number of rotatable bonds is 8. The summed E-state index contributed by atoms with van der Waals surface area (Å²) in [6, 6.07) is 17.8. The highest BCUT2D eigenvalue weighted by Gasteiger charge is 2.24. The predicted octanol–water partition coefficient (Wildman–Crippen LogP) is 3.98. The van der Waals surface area contributed by atoms with Crippen LogP contribution in [0.2, 0.25) is 5.02 Å². The lowest BCUT2D eigenvalue weighted by Crippen LogP contribution is -2.30. The summed E-state index contributed by atoms with van der Waals surface area (Å²) in [4.78, 5) is 23.6. The summed E-state index contributed by atoms with van der Waals surface area (Å²) in [5, 5.41) is 3.46. The molecule has 2 aromatic rings. The summed E-state index contributed by atoms with van der Waals surface area (Å²) in [5.41, 5.74) is 2.16. The minimum atomic E-state index is -0.393. The zero-order chi connectivity index (χ0) is 18.4. The van der Waals surface area contributed by atoms with Crippen LogP contribution in [0.15, 0.2) is 54.6 Å². The summed E-state index contributed by atoms with van der Waals surface area (Å²) in [6.07, 6.45) is 2.02. The number of nitrogens with one attached hydrogen (secondary N) is 1. The van der Waals surface area contributed by atoms with Crippen molar-refractivity contribution in [3.63, 3.8) is 0 Å². The molecule has 4 nitrogen and oxygen atoms in total. The van der Waals surface area contributed by atoms with E-state index in [1.165, 1.54) is 11.8 Å². The average Bonchev–Trinajstić information content (AvgIpc) is 3.46. The van der Waals surface area contributed by atoms with Crippen LogP contribution in [0.5, 0.6) is 0 Å². The van der Waals surface area contributed by atoms with Crippen molar-refractivity contribution in [1.29, 1.82) is 0 Å². The van der Waals surface area contributed by atoms with Crippen molar-refractivity contribution in [3.8, 4) is 0 Å². The predicted molar refractivity (Wildman–Crippen MR) is 104 cm³/mol. The van der Waals surface area contributed by atoms with Crippen LogP contribution in [0.3, 0.4) is 0 Å². The van der Waals surface area contributed by atoms with Crippen LogP contribution in [-0.4, -0.2) is 30.3 Å². The number of esters is 1. The second kappa shape index (κ2) is 9.10. The maximum Gasteiger partial charge on any atom is 0.316 e. The Morgan fingerprint density at radius 1 is 1.08 bits per heavy atom. The van der Waals surface area contributed by atoms with Crippen LogP contribution in [0.25, 0.3) is 0 Å². The fraction of sp³-hybridized carbons (Fsp3) is 0.300. The molecule has 6 heteroatoms. The number of thioether (sulfide) groups is 1. The molecule has 1 aliphatic rings. The molecular formula is C20H20ClNO3S. The largest absolute Gasteiger partial charge is 0.455 e. The summed E-state index contributed by atoms with van der Waals surface area (Å²) in [6.45, 7) is -0.215. The van der Waals surface area contributed by atoms with Crippen LogP contribution in [0.4, 0.5) is 0 Å². The van der Waals surface area contributed by atoms with E-state index in [-0.39, 0.29) is 29.6 Å². The molecule has 0 spiro atoms. The van der Waals surface area contributed by atoms with Crippen LogP contribution in [0, 0.1) is 0 Å². The Morgan fingerprint density at radius 3 is 2.38 bits per heavy atom. The number of carbonyl (C=O) groups excluding carboxylic acids is 2. The molecule has 26 heavy (non-hydrogen) atoms. The quantitative estimate of drug-likeness (QED) is 0.694. The number of amides is 1. The minimum Gasteiger partial charge on any atom is -0.455 e. The van der Waals surface area contributed by atoms with Gasteiger partial charge in [-0.15, -0.1) is 11.8 Å². The van der Waals surface area contributed by atoms with Crippen LogP contribution >= 0.6 is 23.4 Å². The van der Waals surface area contributed by atoms with E-state index in [2.05, 4.69) is 5.32 Å². The molecular weight excluding hydrogens is 370 g/mol. The van der Waals surface area contributed by atoms with Gasteiger partial charge in [0.25, 0.3) is 5.91 Å². The van der Waals surface area contributed by atoms with E-state index in [4.69, 9.17) is 16.3 Å². The third-order valence-electron chi connectivity index (χ3n) is 3.95. The molecule has 0 radical (unpaired) electrons. The number of ether oxygens (including phenoxy) is 1. The van der Waals surface area contributed by atoms with E-state index in [0.717, 1.165) is 24.0 Å². The van der Waals surface area contributed by atoms with Gasteiger partial charge in [0.2, 0.25) is 0 Å². The molecule has 0 aliphatic heterocycles. The standard InChI is InChI=1S/C20H20ClNO3S/c21-16-8-6-15(7-9-16)20(14-4-2-1-3-5-14)26-13-19(24)25-12-18(23)22-17-10-11-17/h1-9,17,20H,10-13H2,(H,22,23)/t20-/m1/s1. The van der Waals surface area contributed by atoms with E-state index in [1.54, 1.807) is 0 Å². The number of benzene rings is 2. The normalized spacial score (nSPS) is 14.5. The SMILES string of the molecule is O=C(COC(=O)CS[C@H](c1ccccc1)c1ccc(Cl)cc1)NC1CC1. The Kier molecular flexibility index (Phi) is 6.58. The van der Waals surface area contributed by atoms with E-state index < -0.39 is 5.97 Å². The van der Waals surface area contributed by atoms with Crippen molar-refractivity contribution in [2.75, 3.05) is 12.4 Å². The Bertz CT molecular complexity index is 747. The highest BCUT2D eigenvalue weighted by atomic mass is 35.5. The Hall–Kier alpha value is -1.98. The molecule has 1 amide bonds. The number of halogens is 1. The monoisotopic (exact) mass is 389 g/mol. The first-order valence-electron chi connectivity index (χ1n) is 8.49. The Balaban J connectivity index is 1.57. The molecule has 1 N–H and O–H groups in total. The number of carbonyl (C=O) groups is 2. The molecule has 0 heterocycles. The van der Waals surface area contributed by atoms with Crippen molar-refractivity contribution in [3.05, 3.63) is 70.7 Å². The zero-order valence-corrected chi connectivity index (χ0v) is 15.8. The first-order chi connectivity index (χ1) is 12.6. The highest BCUT2D eigenvalue weighted by molar-refractivity contribution is 8.00.